The molecule has 0 saturated carbocycles. The average Bonchev–Trinajstić information content (AvgIpc) is 2.63. The van der Waals surface area contributed by atoms with Gasteiger partial charge in [-0.25, -0.2) is 4.79 Å². The number of anilines is 1. The zero-order chi connectivity index (χ0) is 16.6. The molecule has 0 unspecified atom stereocenters. The van der Waals surface area contributed by atoms with Crippen molar-refractivity contribution in [1.82, 2.24) is 10.2 Å². The highest BCUT2D eigenvalue weighted by molar-refractivity contribution is 5.89. The number of hydrogen-bond acceptors (Lipinski definition) is 2. The Kier molecular flexibility index (Phi) is 5.85. The van der Waals surface area contributed by atoms with Crippen LogP contribution in [-0.2, 0) is 13.1 Å². The number of piperidine rings is 1. The molecule has 0 spiro atoms. The maximum absolute atomic E-state index is 12.1. The summed E-state index contributed by atoms with van der Waals surface area (Å²) in [6.07, 6.45) is 3.93. The fourth-order valence-corrected chi connectivity index (χ4v) is 3.11. The third kappa shape index (κ3) is 4.83. The monoisotopic (exact) mass is 323 g/mol. The van der Waals surface area contributed by atoms with Crippen molar-refractivity contribution in [3.05, 3.63) is 65.7 Å². The van der Waals surface area contributed by atoms with Crippen molar-refractivity contribution in [2.24, 2.45) is 0 Å². The number of para-hydroxylation sites is 1. The second-order valence-electron chi connectivity index (χ2n) is 6.28. The smallest absolute Gasteiger partial charge is 0.319 e. The summed E-state index contributed by atoms with van der Waals surface area (Å²) in [7, 11) is 0. The molecule has 1 heterocycles. The van der Waals surface area contributed by atoms with E-state index in [0.29, 0.717) is 6.54 Å². The quantitative estimate of drug-likeness (QED) is 0.873. The number of carbonyl (C=O) groups excluding carboxylic acids is 1. The summed E-state index contributed by atoms with van der Waals surface area (Å²) >= 11 is 0. The third-order valence-electron chi connectivity index (χ3n) is 4.43. The molecule has 2 aromatic rings. The fourth-order valence-electron chi connectivity index (χ4n) is 3.11. The molecule has 0 bridgehead atoms. The van der Waals surface area contributed by atoms with Gasteiger partial charge in [0.15, 0.2) is 0 Å². The van der Waals surface area contributed by atoms with Crippen LogP contribution in [0.3, 0.4) is 0 Å². The van der Waals surface area contributed by atoms with Gasteiger partial charge in [-0.1, -0.05) is 48.9 Å². The maximum atomic E-state index is 12.1. The van der Waals surface area contributed by atoms with Crippen LogP contribution in [0.2, 0.25) is 0 Å². The summed E-state index contributed by atoms with van der Waals surface area (Å²) in [6.45, 7) is 3.87. The second kappa shape index (κ2) is 8.50. The topological polar surface area (TPSA) is 44.4 Å². The summed E-state index contributed by atoms with van der Waals surface area (Å²) in [5, 5.41) is 5.81. The SMILES string of the molecule is O=C(NCc1ccccc1CN1CCCCC1)Nc1ccccc1. The van der Waals surface area contributed by atoms with Gasteiger partial charge in [0.05, 0.1) is 0 Å². The number of nitrogens with zero attached hydrogens (tertiary/aromatic N) is 1. The van der Waals surface area contributed by atoms with E-state index in [1.165, 1.54) is 43.5 Å². The predicted octanol–water partition coefficient (Wildman–Crippen LogP) is 3.99. The molecule has 1 aliphatic rings. The predicted molar refractivity (Wildman–Crippen MR) is 97.9 cm³/mol. The van der Waals surface area contributed by atoms with Crippen molar-refractivity contribution >= 4 is 11.7 Å². The van der Waals surface area contributed by atoms with Crippen LogP contribution in [0.1, 0.15) is 30.4 Å². The number of likely N-dealkylation sites (tertiary alicyclic amines) is 1. The van der Waals surface area contributed by atoms with Gasteiger partial charge in [-0.15, -0.1) is 0 Å². The highest BCUT2D eigenvalue weighted by atomic mass is 16.2. The van der Waals surface area contributed by atoms with Crippen molar-refractivity contribution in [1.29, 1.82) is 0 Å². The molecule has 1 saturated heterocycles. The van der Waals surface area contributed by atoms with Crippen molar-refractivity contribution in [2.45, 2.75) is 32.4 Å². The molecule has 2 N–H and O–H groups in total. The highest BCUT2D eigenvalue weighted by Crippen LogP contribution is 2.16. The number of nitrogens with one attached hydrogen (secondary N) is 2. The molecule has 1 aliphatic heterocycles. The summed E-state index contributed by atoms with van der Waals surface area (Å²) in [4.78, 5) is 14.6. The normalized spacial score (nSPS) is 15.0. The number of benzene rings is 2. The highest BCUT2D eigenvalue weighted by Gasteiger charge is 2.12. The first-order valence-corrected chi connectivity index (χ1v) is 8.70. The molecular weight excluding hydrogens is 298 g/mol. The van der Waals surface area contributed by atoms with E-state index in [9.17, 15) is 4.79 Å². The first kappa shape index (κ1) is 16.5. The van der Waals surface area contributed by atoms with Gasteiger partial charge in [-0.3, -0.25) is 4.90 Å². The zero-order valence-electron chi connectivity index (χ0n) is 14.0. The van der Waals surface area contributed by atoms with Gasteiger partial charge in [0.1, 0.15) is 0 Å². The molecule has 1 fully saturated rings. The van der Waals surface area contributed by atoms with Crippen molar-refractivity contribution in [3.63, 3.8) is 0 Å². The lowest BCUT2D eigenvalue weighted by molar-refractivity contribution is 0.220. The molecule has 0 aromatic heterocycles. The van der Waals surface area contributed by atoms with E-state index in [-0.39, 0.29) is 6.03 Å². The standard InChI is InChI=1S/C20H25N3O/c24-20(22-19-11-3-1-4-12-19)21-15-17-9-5-6-10-18(17)16-23-13-7-2-8-14-23/h1,3-6,9-12H,2,7-8,13-16H2,(H2,21,22,24). The van der Waals surface area contributed by atoms with E-state index >= 15 is 0 Å². The van der Waals surface area contributed by atoms with Crippen LogP contribution >= 0.6 is 0 Å². The minimum Gasteiger partial charge on any atom is -0.334 e. The first-order valence-electron chi connectivity index (χ1n) is 8.70. The van der Waals surface area contributed by atoms with E-state index in [0.717, 1.165) is 12.2 Å². The molecule has 0 atom stereocenters. The molecule has 4 heteroatoms. The van der Waals surface area contributed by atoms with Gasteiger partial charge in [-0.2, -0.15) is 0 Å². The van der Waals surface area contributed by atoms with Crippen LogP contribution < -0.4 is 10.6 Å². The minimum atomic E-state index is -0.172. The van der Waals surface area contributed by atoms with Crippen LogP contribution in [-0.4, -0.2) is 24.0 Å². The van der Waals surface area contributed by atoms with Crippen LogP contribution in [0.5, 0.6) is 0 Å². The summed E-state index contributed by atoms with van der Waals surface area (Å²) in [5.74, 6) is 0. The minimum absolute atomic E-state index is 0.172. The second-order valence-corrected chi connectivity index (χ2v) is 6.28. The molecule has 126 valence electrons. The Morgan fingerprint density at radius 2 is 1.54 bits per heavy atom. The molecule has 2 amide bonds. The Labute approximate surface area is 143 Å². The lowest BCUT2D eigenvalue weighted by Gasteiger charge is -2.27. The van der Waals surface area contributed by atoms with E-state index in [4.69, 9.17) is 0 Å². The molecule has 0 radical (unpaired) electrons. The van der Waals surface area contributed by atoms with Crippen molar-refractivity contribution < 1.29 is 4.79 Å². The third-order valence-corrected chi connectivity index (χ3v) is 4.43. The number of rotatable bonds is 5. The zero-order valence-corrected chi connectivity index (χ0v) is 14.0. The number of carbonyl (C=O) groups is 1. The lowest BCUT2D eigenvalue weighted by Crippen LogP contribution is -2.31. The number of hydrogen-bond donors (Lipinski definition) is 2. The van der Waals surface area contributed by atoms with Gasteiger partial charge in [0.2, 0.25) is 0 Å². The van der Waals surface area contributed by atoms with Gasteiger partial charge in [-0.05, 0) is 49.2 Å². The van der Waals surface area contributed by atoms with Gasteiger partial charge in [0.25, 0.3) is 0 Å². The van der Waals surface area contributed by atoms with E-state index in [1.54, 1.807) is 0 Å². The van der Waals surface area contributed by atoms with E-state index in [2.05, 4.69) is 33.7 Å². The molecule has 24 heavy (non-hydrogen) atoms. The number of amides is 2. The molecular formula is C20H25N3O. The molecule has 4 nitrogen and oxygen atoms in total. The van der Waals surface area contributed by atoms with Crippen LogP contribution in [0, 0.1) is 0 Å². The van der Waals surface area contributed by atoms with Crippen LogP contribution in [0.25, 0.3) is 0 Å². The first-order chi connectivity index (χ1) is 11.8. The molecule has 2 aromatic carbocycles. The average molecular weight is 323 g/mol. The Hall–Kier alpha value is -2.33. The maximum Gasteiger partial charge on any atom is 0.319 e. The van der Waals surface area contributed by atoms with Crippen molar-refractivity contribution in [2.75, 3.05) is 18.4 Å². The summed E-state index contributed by atoms with van der Waals surface area (Å²) in [5.41, 5.74) is 3.29. The Morgan fingerprint density at radius 3 is 2.29 bits per heavy atom. The molecule has 0 aliphatic carbocycles. The van der Waals surface area contributed by atoms with Crippen LogP contribution in [0.4, 0.5) is 10.5 Å². The van der Waals surface area contributed by atoms with Crippen molar-refractivity contribution in [3.8, 4) is 0 Å². The Bertz CT molecular complexity index is 651. The summed E-state index contributed by atoms with van der Waals surface area (Å²) < 4.78 is 0. The Morgan fingerprint density at radius 1 is 0.875 bits per heavy atom. The Balaban J connectivity index is 1.55. The number of urea groups is 1. The van der Waals surface area contributed by atoms with Crippen LogP contribution in [0.15, 0.2) is 54.6 Å². The van der Waals surface area contributed by atoms with Gasteiger partial charge >= 0.3 is 6.03 Å². The summed E-state index contributed by atoms with van der Waals surface area (Å²) in [6, 6.07) is 17.7. The fraction of sp³-hybridized carbons (Fsp3) is 0.350. The molecule has 3 rings (SSSR count). The van der Waals surface area contributed by atoms with Gasteiger partial charge < -0.3 is 10.6 Å². The lowest BCUT2D eigenvalue weighted by atomic mass is 10.0. The van der Waals surface area contributed by atoms with E-state index < -0.39 is 0 Å². The van der Waals surface area contributed by atoms with E-state index in [1.807, 2.05) is 36.4 Å². The largest absolute Gasteiger partial charge is 0.334 e. The van der Waals surface area contributed by atoms with Gasteiger partial charge in [0, 0.05) is 18.8 Å².